The van der Waals surface area contributed by atoms with Gasteiger partial charge in [0.1, 0.15) is 0 Å². The first kappa shape index (κ1) is 13.5. The number of nitrogens with two attached hydrogens (primary N) is 1. The molecular formula is C15H25N3. The molecule has 2 N–H and O–H groups in total. The fraction of sp³-hybridized carbons (Fsp3) is 0.600. The molecule has 100 valence electrons. The maximum absolute atomic E-state index is 5.65. The molecule has 0 bridgehead atoms. The van der Waals surface area contributed by atoms with E-state index in [-0.39, 0.29) is 0 Å². The lowest BCUT2D eigenvalue weighted by molar-refractivity contribution is 0.114. The number of nitrogens with zero attached hydrogens (tertiary/aromatic N) is 2. The molecular weight excluding hydrogens is 222 g/mol. The zero-order chi connectivity index (χ0) is 12.8. The van der Waals surface area contributed by atoms with Crippen LogP contribution < -0.4 is 5.73 Å². The van der Waals surface area contributed by atoms with E-state index in [2.05, 4.69) is 47.2 Å². The van der Waals surface area contributed by atoms with Crippen molar-refractivity contribution in [3.63, 3.8) is 0 Å². The predicted molar refractivity (Wildman–Crippen MR) is 76.4 cm³/mol. The highest BCUT2D eigenvalue weighted by atomic mass is 15.2. The molecule has 3 nitrogen and oxygen atoms in total. The summed E-state index contributed by atoms with van der Waals surface area (Å²) in [6.07, 6.45) is 2.61. The lowest BCUT2D eigenvalue weighted by atomic mass is 10.0. The van der Waals surface area contributed by atoms with Gasteiger partial charge in [-0.25, -0.2) is 0 Å². The minimum Gasteiger partial charge on any atom is -0.329 e. The number of rotatable bonds is 5. The van der Waals surface area contributed by atoms with Gasteiger partial charge in [0.05, 0.1) is 0 Å². The number of likely N-dealkylation sites (tertiary alicyclic amines) is 1. The highest BCUT2D eigenvalue weighted by Crippen LogP contribution is 2.16. The van der Waals surface area contributed by atoms with Crippen LogP contribution in [0, 0.1) is 0 Å². The summed E-state index contributed by atoms with van der Waals surface area (Å²) < 4.78 is 0. The molecule has 1 fully saturated rings. The van der Waals surface area contributed by atoms with Crippen LogP contribution in [0.1, 0.15) is 18.4 Å². The average molecular weight is 247 g/mol. The topological polar surface area (TPSA) is 32.5 Å². The predicted octanol–water partition coefficient (Wildman–Crippen LogP) is 1.54. The SMILES string of the molecule is CN(Cc1ccccc1)C1CCCN(CCN)C1. The molecule has 0 amide bonds. The quantitative estimate of drug-likeness (QED) is 0.856. The normalized spacial score (nSPS) is 21.4. The van der Waals surface area contributed by atoms with Crippen molar-refractivity contribution in [3.05, 3.63) is 35.9 Å². The first-order valence-corrected chi connectivity index (χ1v) is 6.96. The summed E-state index contributed by atoms with van der Waals surface area (Å²) in [4.78, 5) is 4.98. The lowest BCUT2D eigenvalue weighted by Gasteiger charge is -2.37. The van der Waals surface area contributed by atoms with Gasteiger partial charge in [-0.05, 0) is 32.0 Å². The largest absolute Gasteiger partial charge is 0.329 e. The Hall–Kier alpha value is -0.900. The van der Waals surface area contributed by atoms with Crippen LogP contribution >= 0.6 is 0 Å². The number of hydrogen-bond donors (Lipinski definition) is 1. The Morgan fingerprint density at radius 1 is 1.33 bits per heavy atom. The van der Waals surface area contributed by atoms with Crippen molar-refractivity contribution >= 4 is 0 Å². The molecule has 0 saturated carbocycles. The molecule has 3 heteroatoms. The summed E-state index contributed by atoms with van der Waals surface area (Å²) in [5.41, 5.74) is 7.05. The number of hydrogen-bond acceptors (Lipinski definition) is 3. The van der Waals surface area contributed by atoms with E-state index in [1.54, 1.807) is 0 Å². The molecule has 1 aliphatic heterocycles. The van der Waals surface area contributed by atoms with Crippen molar-refractivity contribution < 1.29 is 0 Å². The van der Waals surface area contributed by atoms with Crippen LogP contribution in [0.15, 0.2) is 30.3 Å². The summed E-state index contributed by atoms with van der Waals surface area (Å²) in [7, 11) is 2.24. The summed E-state index contributed by atoms with van der Waals surface area (Å²) in [6, 6.07) is 11.4. The second kappa shape index (κ2) is 6.88. The summed E-state index contributed by atoms with van der Waals surface area (Å²) in [6.45, 7) is 5.24. The highest BCUT2D eigenvalue weighted by Gasteiger charge is 2.22. The van der Waals surface area contributed by atoms with Crippen molar-refractivity contribution in [1.29, 1.82) is 0 Å². The van der Waals surface area contributed by atoms with E-state index in [9.17, 15) is 0 Å². The van der Waals surface area contributed by atoms with Crippen molar-refractivity contribution in [2.24, 2.45) is 5.73 Å². The van der Waals surface area contributed by atoms with E-state index in [4.69, 9.17) is 5.73 Å². The Morgan fingerprint density at radius 2 is 2.11 bits per heavy atom. The fourth-order valence-corrected chi connectivity index (χ4v) is 2.78. The molecule has 1 saturated heterocycles. The maximum Gasteiger partial charge on any atom is 0.0234 e. The Bertz CT molecular complexity index is 337. The Balaban J connectivity index is 1.86. The van der Waals surface area contributed by atoms with E-state index >= 15 is 0 Å². The van der Waals surface area contributed by atoms with Gasteiger partial charge in [0, 0.05) is 32.2 Å². The van der Waals surface area contributed by atoms with Gasteiger partial charge < -0.3 is 10.6 Å². The standard InChI is InChI=1S/C15H25N3/c1-17(12-14-6-3-2-4-7-14)15-8-5-10-18(13-15)11-9-16/h2-4,6-7,15H,5,8-13,16H2,1H3. The van der Waals surface area contributed by atoms with Crippen LogP contribution in [0.5, 0.6) is 0 Å². The molecule has 1 aliphatic rings. The first-order chi connectivity index (χ1) is 8.79. The third kappa shape index (κ3) is 3.80. The minimum atomic E-state index is 0.672. The first-order valence-electron chi connectivity index (χ1n) is 6.96. The average Bonchev–Trinajstić information content (AvgIpc) is 2.40. The number of likely N-dealkylation sites (N-methyl/N-ethyl adjacent to an activating group) is 1. The molecule has 0 aromatic heterocycles. The Kier molecular flexibility index (Phi) is 5.17. The molecule has 0 spiro atoms. The molecule has 1 aromatic carbocycles. The van der Waals surface area contributed by atoms with Crippen molar-refractivity contribution in [2.75, 3.05) is 33.2 Å². The molecule has 0 aliphatic carbocycles. The zero-order valence-corrected chi connectivity index (χ0v) is 11.4. The maximum atomic E-state index is 5.65. The zero-order valence-electron chi connectivity index (χ0n) is 11.4. The van der Waals surface area contributed by atoms with E-state index in [1.807, 2.05) is 0 Å². The fourth-order valence-electron chi connectivity index (χ4n) is 2.78. The molecule has 1 atom stereocenters. The van der Waals surface area contributed by atoms with Crippen LogP contribution in [0.4, 0.5) is 0 Å². The molecule has 0 radical (unpaired) electrons. The minimum absolute atomic E-state index is 0.672. The van der Waals surface area contributed by atoms with Gasteiger partial charge in [0.15, 0.2) is 0 Å². The van der Waals surface area contributed by atoms with Gasteiger partial charge in [-0.15, -0.1) is 0 Å². The molecule has 2 rings (SSSR count). The number of benzene rings is 1. The molecule has 1 aromatic rings. The van der Waals surface area contributed by atoms with Crippen molar-refractivity contribution in [1.82, 2.24) is 9.80 Å². The smallest absolute Gasteiger partial charge is 0.0234 e. The van der Waals surface area contributed by atoms with Gasteiger partial charge >= 0.3 is 0 Å². The number of piperidine rings is 1. The molecule has 1 heterocycles. The third-order valence-electron chi connectivity index (χ3n) is 3.82. The summed E-state index contributed by atoms with van der Waals surface area (Å²) in [5, 5.41) is 0. The van der Waals surface area contributed by atoms with Crippen LogP contribution in [-0.4, -0.2) is 49.1 Å². The monoisotopic (exact) mass is 247 g/mol. The van der Waals surface area contributed by atoms with E-state index in [0.717, 1.165) is 19.6 Å². The van der Waals surface area contributed by atoms with Crippen LogP contribution in [-0.2, 0) is 6.54 Å². The van der Waals surface area contributed by atoms with Crippen LogP contribution in [0.2, 0.25) is 0 Å². The lowest BCUT2D eigenvalue weighted by Crippen LogP contribution is -2.47. The summed E-state index contributed by atoms with van der Waals surface area (Å²) in [5.74, 6) is 0. The Morgan fingerprint density at radius 3 is 2.83 bits per heavy atom. The second-order valence-electron chi connectivity index (χ2n) is 5.29. The molecule has 18 heavy (non-hydrogen) atoms. The van der Waals surface area contributed by atoms with Gasteiger partial charge in [-0.3, -0.25) is 4.90 Å². The van der Waals surface area contributed by atoms with Crippen LogP contribution in [0.25, 0.3) is 0 Å². The summed E-state index contributed by atoms with van der Waals surface area (Å²) >= 11 is 0. The Labute approximate surface area is 111 Å². The molecule has 1 unspecified atom stereocenters. The van der Waals surface area contributed by atoms with Gasteiger partial charge in [-0.2, -0.15) is 0 Å². The van der Waals surface area contributed by atoms with E-state index < -0.39 is 0 Å². The van der Waals surface area contributed by atoms with Gasteiger partial charge in [-0.1, -0.05) is 30.3 Å². The third-order valence-corrected chi connectivity index (χ3v) is 3.82. The van der Waals surface area contributed by atoms with E-state index in [0.29, 0.717) is 6.04 Å². The van der Waals surface area contributed by atoms with Crippen LogP contribution in [0.3, 0.4) is 0 Å². The van der Waals surface area contributed by atoms with Crippen molar-refractivity contribution in [2.45, 2.75) is 25.4 Å². The van der Waals surface area contributed by atoms with E-state index in [1.165, 1.54) is 31.5 Å². The second-order valence-corrected chi connectivity index (χ2v) is 5.29. The highest BCUT2D eigenvalue weighted by molar-refractivity contribution is 5.14. The van der Waals surface area contributed by atoms with Gasteiger partial charge in [0.2, 0.25) is 0 Å². The van der Waals surface area contributed by atoms with Crippen molar-refractivity contribution in [3.8, 4) is 0 Å². The van der Waals surface area contributed by atoms with Gasteiger partial charge in [0.25, 0.3) is 0 Å².